The zero-order valence-electron chi connectivity index (χ0n) is 27.0. The van der Waals surface area contributed by atoms with Crippen LogP contribution in [0, 0.1) is 37.2 Å². The van der Waals surface area contributed by atoms with Gasteiger partial charge in [-0.2, -0.15) is 13.2 Å². The SMILES string of the molecule is CCC(CC)C(=O)/C(C)=C(\O)C(CC)CC.Cc1[c-]c(-c2nccc3cc(CC(C)(C)C(F)(F)F)ccc23)cc(C)c1.[Ir]. The van der Waals surface area contributed by atoms with Crippen LogP contribution in [-0.4, -0.2) is 22.1 Å². The largest absolute Gasteiger partial charge is 0.512 e. The monoisotopic (exact) mass is 775 g/mol. The van der Waals surface area contributed by atoms with Gasteiger partial charge in [0, 0.05) is 43.7 Å². The van der Waals surface area contributed by atoms with Gasteiger partial charge in [0.15, 0.2) is 5.78 Å². The van der Waals surface area contributed by atoms with Crippen molar-refractivity contribution in [3.63, 3.8) is 0 Å². The van der Waals surface area contributed by atoms with Crippen LogP contribution in [0.4, 0.5) is 13.2 Å². The molecule has 0 aliphatic heterocycles. The van der Waals surface area contributed by atoms with Crippen molar-refractivity contribution in [2.75, 3.05) is 0 Å². The van der Waals surface area contributed by atoms with Crippen molar-refractivity contribution in [1.29, 1.82) is 0 Å². The van der Waals surface area contributed by atoms with E-state index in [2.05, 4.69) is 11.1 Å². The molecule has 0 saturated carbocycles. The summed E-state index contributed by atoms with van der Waals surface area (Å²) in [6.07, 6.45) is 0.874. The van der Waals surface area contributed by atoms with E-state index in [0.717, 1.165) is 58.8 Å². The van der Waals surface area contributed by atoms with Crippen LogP contribution in [0.3, 0.4) is 0 Å². The Morgan fingerprint density at radius 2 is 1.51 bits per heavy atom. The number of carbonyl (C=O) groups excluding carboxylic acids is 1. The van der Waals surface area contributed by atoms with Crippen LogP contribution >= 0.6 is 0 Å². The van der Waals surface area contributed by atoms with Crippen molar-refractivity contribution in [2.45, 2.75) is 101 Å². The number of aromatic nitrogens is 1. The van der Waals surface area contributed by atoms with Gasteiger partial charge in [0.1, 0.15) is 5.76 Å². The normalized spacial score (nSPS) is 12.5. The Balaban J connectivity index is 0.000000474. The second kappa shape index (κ2) is 16.5. The Bertz CT molecular complexity index is 1370. The summed E-state index contributed by atoms with van der Waals surface area (Å²) in [5.41, 5.74) is 3.33. The summed E-state index contributed by atoms with van der Waals surface area (Å²) in [5.74, 6) is 0.631. The van der Waals surface area contributed by atoms with Gasteiger partial charge in [0.2, 0.25) is 0 Å². The Morgan fingerprint density at radius 1 is 0.930 bits per heavy atom. The van der Waals surface area contributed by atoms with Crippen LogP contribution in [0.5, 0.6) is 0 Å². The molecule has 1 N–H and O–H groups in total. The molecule has 0 fully saturated rings. The Labute approximate surface area is 269 Å². The Morgan fingerprint density at radius 3 is 2.02 bits per heavy atom. The van der Waals surface area contributed by atoms with E-state index in [4.69, 9.17) is 0 Å². The molecule has 239 valence electrons. The number of pyridine rings is 1. The molecule has 0 saturated heterocycles. The maximum atomic E-state index is 13.2. The standard InChI is InChI=1S/C22H21F3N.C14H26O2.Ir/c1-14-9-15(2)11-18(10-14)20-19-6-5-16(12-17(19)7-8-26-20)13-21(3,4)22(23,24)25;1-6-11(7-2)13(15)10(5)14(16)12(8-3)9-4;/h5-10,12H,13H2,1-4H3;11-12,15H,6-9H2,1-5H3;/q-1;;/b;13-10-;. The number of fused-ring (bicyclic) bond motifs is 1. The van der Waals surface area contributed by atoms with E-state index in [0.29, 0.717) is 16.9 Å². The molecule has 1 aromatic heterocycles. The third-order valence-electron chi connectivity index (χ3n) is 8.13. The second-order valence-electron chi connectivity index (χ2n) is 11.9. The number of rotatable bonds is 10. The maximum Gasteiger partial charge on any atom is 0.394 e. The quantitative estimate of drug-likeness (QED) is 0.127. The third kappa shape index (κ3) is 10.0. The van der Waals surface area contributed by atoms with Crippen LogP contribution in [0.25, 0.3) is 22.0 Å². The van der Waals surface area contributed by atoms with Crippen molar-refractivity contribution < 1.29 is 43.2 Å². The number of Topliss-reactive ketones (excluding diaryl/α,β-unsaturated/α-hetero) is 1. The molecule has 0 unspecified atom stereocenters. The zero-order valence-corrected chi connectivity index (χ0v) is 29.4. The molecule has 43 heavy (non-hydrogen) atoms. The van der Waals surface area contributed by atoms with E-state index in [1.807, 2.05) is 71.9 Å². The Kier molecular flexibility index (Phi) is 14.8. The summed E-state index contributed by atoms with van der Waals surface area (Å²) in [5, 5.41) is 11.9. The van der Waals surface area contributed by atoms with Crippen LogP contribution in [0.15, 0.2) is 53.9 Å². The summed E-state index contributed by atoms with van der Waals surface area (Å²) >= 11 is 0. The minimum atomic E-state index is -4.24. The predicted molar refractivity (Wildman–Crippen MR) is 168 cm³/mol. The van der Waals surface area contributed by atoms with Crippen LogP contribution in [0.2, 0.25) is 0 Å². The number of ketones is 1. The molecule has 2 aromatic carbocycles. The van der Waals surface area contributed by atoms with Crippen molar-refractivity contribution in [1.82, 2.24) is 4.98 Å². The first-order valence-corrected chi connectivity index (χ1v) is 15.0. The minimum Gasteiger partial charge on any atom is -0.512 e. The molecule has 1 radical (unpaired) electrons. The van der Waals surface area contributed by atoms with Crippen LogP contribution in [-0.2, 0) is 31.3 Å². The van der Waals surface area contributed by atoms with Crippen molar-refractivity contribution in [3.05, 3.63) is 76.7 Å². The summed E-state index contributed by atoms with van der Waals surface area (Å²) in [6, 6.07) is 14.7. The van der Waals surface area contributed by atoms with Gasteiger partial charge in [-0.1, -0.05) is 73.6 Å². The Hall–Kier alpha value is -2.50. The number of halogens is 3. The van der Waals surface area contributed by atoms with Gasteiger partial charge < -0.3 is 10.1 Å². The number of benzene rings is 2. The molecule has 3 rings (SSSR count). The summed E-state index contributed by atoms with van der Waals surface area (Å²) in [4.78, 5) is 16.6. The predicted octanol–water partition coefficient (Wildman–Crippen LogP) is 10.7. The molecule has 0 amide bonds. The molecule has 0 spiro atoms. The maximum absolute atomic E-state index is 13.2. The third-order valence-corrected chi connectivity index (χ3v) is 8.13. The van der Waals surface area contributed by atoms with E-state index in [1.165, 1.54) is 13.8 Å². The number of alkyl halides is 3. The molecule has 0 bridgehead atoms. The number of carbonyl (C=O) groups is 1. The second-order valence-corrected chi connectivity index (χ2v) is 11.9. The summed E-state index contributed by atoms with van der Waals surface area (Å²) in [7, 11) is 0. The van der Waals surface area contributed by atoms with E-state index in [1.54, 1.807) is 19.2 Å². The average molecular weight is 775 g/mol. The molecule has 0 aliphatic carbocycles. The van der Waals surface area contributed by atoms with Gasteiger partial charge >= 0.3 is 6.18 Å². The summed E-state index contributed by atoms with van der Waals surface area (Å²) < 4.78 is 39.5. The van der Waals surface area contributed by atoms with Gasteiger partial charge in [-0.05, 0) is 67.1 Å². The van der Waals surface area contributed by atoms with Crippen molar-refractivity contribution in [2.24, 2.45) is 17.3 Å². The van der Waals surface area contributed by atoms with Gasteiger partial charge in [0.25, 0.3) is 0 Å². The molecule has 1 heterocycles. The van der Waals surface area contributed by atoms with Gasteiger partial charge in [-0.25, -0.2) is 0 Å². The molecular weight excluding hydrogens is 728 g/mol. The zero-order chi connectivity index (χ0) is 31.8. The molecule has 0 aliphatic rings. The first-order valence-electron chi connectivity index (χ1n) is 15.0. The average Bonchev–Trinajstić information content (AvgIpc) is 2.92. The van der Waals surface area contributed by atoms with E-state index in [-0.39, 0.29) is 44.1 Å². The van der Waals surface area contributed by atoms with E-state index < -0.39 is 11.6 Å². The number of aryl methyl sites for hydroxylation is 2. The number of hydrogen-bond donors (Lipinski definition) is 1. The fourth-order valence-corrected chi connectivity index (χ4v) is 5.26. The van der Waals surface area contributed by atoms with Gasteiger partial charge in [-0.3, -0.25) is 4.79 Å². The fourth-order valence-electron chi connectivity index (χ4n) is 5.26. The van der Waals surface area contributed by atoms with Crippen molar-refractivity contribution in [3.8, 4) is 11.3 Å². The molecule has 0 atom stereocenters. The van der Waals surface area contributed by atoms with E-state index >= 15 is 0 Å². The number of hydrogen-bond acceptors (Lipinski definition) is 3. The molecule has 3 nitrogen and oxygen atoms in total. The topological polar surface area (TPSA) is 50.2 Å². The van der Waals surface area contributed by atoms with Crippen molar-refractivity contribution >= 4 is 16.6 Å². The summed E-state index contributed by atoms with van der Waals surface area (Å²) in [6.45, 7) is 16.4. The molecule has 3 aromatic rings. The number of nitrogens with zero attached hydrogens (tertiary/aromatic N) is 1. The van der Waals surface area contributed by atoms with Gasteiger partial charge in [-0.15, -0.1) is 34.9 Å². The fraction of sp³-hybridized carbons (Fsp3) is 0.500. The van der Waals surface area contributed by atoms with Crippen LogP contribution < -0.4 is 0 Å². The first-order chi connectivity index (χ1) is 19.6. The van der Waals surface area contributed by atoms with Crippen LogP contribution in [0.1, 0.15) is 90.8 Å². The van der Waals surface area contributed by atoms with Gasteiger partial charge in [0.05, 0.1) is 5.41 Å². The number of aliphatic hydroxyl groups is 1. The smallest absolute Gasteiger partial charge is 0.394 e. The van der Waals surface area contributed by atoms with E-state index in [9.17, 15) is 23.1 Å². The molecular formula is C36H47F3IrNO2-. The number of aliphatic hydroxyl groups excluding tert-OH is 1. The minimum absolute atomic E-state index is 0. The first kappa shape index (κ1) is 38.5. The number of allylic oxidation sites excluding steroid dienone is 2. The molecule has 7 heteroatoms.